The van der Waals surface area contributed by atoms with Gasteiger partial charge in [-0.25, -0.2) is 0 Å². The maximum Gasteiger partial charge on any atom is 0.279 e. The fourth-order valence-electron chi connectivity index (χ4n) is 3.43. The number of benzene rings is 2. The van der Waals surface area contributed by atoms with Crippen molar-refractivity contribution in [1.82, 2.24) is 20.3 Å². The first-order valence-electron chi connectivity index (χ1n) is 8.80. The summed E-state index contributed by atoms with van der Waals surface area (Å²) in [6, 6.07) is 17.9. The fraction of sp³-hybridized carbons (Fsp3) is 0.200. The summed E-state index contributed by atoms with van der Waals surface area (Å²) in [7, 11) is 0. The molecule has 0 amide bonds. The van der Waals surface area contributed by atoms with Crippen molar-refractivity contribution in [3.63, 3.8) is 0 Å². The van der Waals surface area contributed by atoms with Gasteiger partial charge in [0.1, 0.15) is 0 Å². The van der Waals surface area contributed by atoms with E-state index in [2.05, 4.69) is 31.3 Å². The average Bonchev–Trinajstić information content (AvgIpc) is 3.40. The van der Waals surface area contributed by atoms with Crippen LogP contribution in [0.5, 0.6) is 0 Å². The van der Waals surface area contributed by atoms with E-state index in [1.54, 1.807) is 0 Å². The molecule has 1 fully saturated rings. The van der Waals surface area contributed by atoms with Gasteiger partial charge >= 0.3 is 0 Å². The lowest BCUT2D eigenvalue weighted by Crippen LogP contribution is -2.20. The van der Waals surface area contributed by atoms with E-state index in [-0.39, 0.29) is 0 Å². The lowest BCUT2D eigenvalue weighted by atomic mass is 10.1. The Labute approximate surface area is 150 Å². The van der Waals surface area contributed by atoms with Gasteiger partial charge in [0.2, 0.25) is 5.82 Å². The Balaban J connectivity index is 1.62. The Bertz CT molecular complexity index is 1050. The van der Waals surface area contributed by atoms with Gasteiger partial charge in [-0.15, -0.1) is 10.2 Å². The maximum absolute atomic E-state index is 5.50. The van der Waals surface area contributed by atoms with E-state index >= 15 is 0 Å². The molecule has 0 aliphatic carbocycles. The third kappa shape index (κ3) is 2.50. The van der Waals surface area contributed by atoms with Gasteiger partial charge in [0.25, 0.3) is 5.89 Å². The first-order chi connectivity index (χ1) is 12.9. The molecule has 128 valence electrons. The van der Waals surface area contributed by atoms with Crippen molar-refractivity contribution in [3.8, 4) is 23.0 Å². The summed E-state index contributed by atoms with van der Waals surface area (Å²) < 4.78 is 5.50. The molecule has 26 heavy (non-hydrogen) atoms. The van der Waals surface area contributed by atoms with E-state index in [0.717, 1.165) is 35.2 Å². The number of anilines is 1. The summed E-state index contributed by atoms with van der Waals surface area (Å²) in [5, 5.41) is 15.1. The van der Waals surface area contributed by atoms with E-state index in [4.69, 9.17) is 4.52 Å². The van der Waals surface area contributed by atoms with Crippen LogP contribution < -0.4 is 4.90 Å². The zero-order valence-electron chi connectivity index (χ0n) is 14.2. The lowest BCUT2D eigenvalue weighted by Gasteiger charge is -2.18. The third-order valence-electron chi connectivity index (χ3n) is 4.73. The van der Waals surface area contributed by atoms with Crippen molar-refractivity contribution in [2.24, 2.45) is 0 Å². The molecular formula is C20H17N5O. The average molecular weight is 343 g/mol. The van der Waals surface area contributed by atoms with Crippen molar-refractivity contribution < 1.29 is 4.52 Å². The standard InChI is InChI=1S/C20H17N5O/c1-2-8-14(9-3-1)18-21-20(26-24-18)17-15-10-4-5-11-16(15)19(23-22-17)25-12-6-7-13-25/h1-5,8-11H,6-7,12-13H2. The number of aromatic nitrogens is 4. The highest BCUT2D eigenvalue weighted by molar-refractivity contribution is 5.99. The van der Waals surface area contributed by atoms with Crippen LogP contribution in [-0.2, 0) is 0 Å². The van der Waals surface area contributed by atoms with Crippen molar-refractivity contribution in [2.75, 3.05) is 18.0 Å². The minimum atomic E-state index is 0.389. The monoisotopic (exact) mass is 343 g/mol. The van der Waals surface area contributed by atoms with Crippen molar-refractivity contribution in [1.29, 1.82) is 0 Å². The Hall–Kier alpha value is -3.28. The molecule has 0 radical (unpaired) electrons. The largest absolute Gasteiger partial charge is 0.355 e. The SMILES string of the molecule is c1ccc(-c2noc(-c3nnc(N4CCCC4)c4ccccc34)n2)cc1. The molecule has 0 saturated carbocycles. The zero-order valence-corrected chi connectivity index (χ0v) is 14.2. The normalized spacial score (nSPS) is 14.2. The second-order valence-electron chi connectivity index (χ2n) is 6.40. The van der Waals surface area contributed by atoms with Gasteiger partial charge in [0, 0.05) is 29.4 Å². The second kappa shape index (κ2) is 6.22. The molecule has 2 aromatic heterocycles. The maximum atomic E-state index is 5.50. The number of rotatable bonds is 3. The molecule has 4 aromatic rings. The molecule has 3 heterocycles. The molecule has 6 heteroatoms. The molecule has 1 aliphatic rings. The van der Waals surface area contributed by atoms with Crippen LogP contribution in [0.1, 0.15) is 12.8 Å². The van der Waals surface area contributed by atoms with Crippen LogP contribution in [0.15, 0.2) is 59.1 Å². The smallest absolute Gasteiger partial charge is 0.279 e. The molecule has 0 N–H and O–H groups in total. The fourth-order valence-corrected chi connectivity index (χ4v) is 3.43. The molecule has 1 aliphatic heterocycles. The summed E-state index contributed by atoms with van der Waals surface area (Å²) >= 11 is 0. The minimum Gasteiger partial charge on any atom is -0.355 e. The summed E-state index contributed by atoms with van der Waals surface area (Å²) in [6.45, 7) is 2.05. The summed E-state index contributed by atoms with van der Waals surface area (Å²) in [5.41, 5.74) is 1.53. The van der Waals surface area contributed by atoms with E-state index < -0.39 is 0 Å². The van der Waals surface area contributed by atoms with E-state index in [1.165, 1.54) is 12.8 Å². The van der Waals surface area contributed by atoms with E-state index in [9.17, 15) is 0 Å². The summed E-state index contributed by atoms with van der Waals surface area (Å²) in [4.78, 5) is 6.83. The molecular weight excluding hydrogens is 326 g/mol. The predicted molar refractivity (Wildman–Crippen MR) is 99.7 cm³/mol. The third-order valence-corrected chi connectivity index (χ3v) is 4.73. The lowest BCUT2D eigenvalue weighted by molar-refractivity contribution is 0.431. The van der Waals surface area contributed by atoms with Gasteiger partial charge < -0.3 is 9.42 Å². The highest BCUT2D eigenvalue weighted by Gasteiger charge is 2.21. The van der Waals surface area contributed by atoms with Crippen LogP contribution in [0.3, 0.4) is 0 Å². The molecule has 6 nitrogen and oxygen atoms in total. The first kappa shape index (κ1) is 15.0. The zero-order chi connectivity index (χ0) is 17.3. The molecule has 0 unspecified atom stereocenters. The van der Waals surface area contributed by atoms with Crippen LogP contribution in [0.4, 0.5) is 5.82 Å². The number of hydrogen-bond donors (Lipinski definition) is 0. The molecule has 0 atom stereocenters. The highest BCUT2D eigenvalue weighted by Crippen LogP contribution is 2.32. The van der Waals surface area contributed by atoms with Crippen LogP contribution in [0.25, 0.3) is 33.7 Å². The van der Waals surface area contributed by atoms with Crippen molar-refractivity contribution in [3.05, 3.63) is 54.6 Å². The second-order valence-corrected chi connectivity index (χ2v) is 6.40. The van der Waals surface area contributed by atoms with Gasteiger partial charge in [-0.3, -0.25) is 0 Å². The molecule has 0 bridgehead atoms. The summed E-state index contributed by atoms with van der Waals surface area (Å²) in [5.74, 6) is 1.88. The number of nitrogens with zero attached hydrogens (tertiary/aromatic N) is 5. The number of fused-ring (bicyclic) bond motifs is 1. The van der Waals surface area contributed by atoms with Crippen LogP contribution in [-0.4, -0.2) is 33.4 Å². The van der Waals surface area contributed by atoms with Crippen LogP contribution in [0.2, 0.25) is 0 Å². The molecule has 1 saturated heterocycles. The predicted octanol–water partition coefficient (Wildman–Crippen LogP) is 3.95. The van der Waals surface area contributed by atoms with Gasteiger partial charge in [0.15, 0.2) is 11.5 Å². The van der Waals surface area contributed by atoms with Gasteiger partial charge in [-0.05, 0) is 12.8 Å². The van der Waals surface area contributed by atoms with E-state index in [1.807, 2.05) is 48.5 Å². The minimum absolute atomic E-state index is 0.389. The van der Waals surface area contributed by atoms with Gasteiger partial charge in [-0.2, -0.15) is 4.98 Å². The van der Waals surface area contributed by atoms with Gasteiger partial charge in [0.05, 0.1) is 0 Å². The summed E-state index contributed by atoms with van der Waals surface area (Å²) in [6.07, 6.45) is 2.39. The molecule has 0 spiro atoms. The van der Waals surface area contributed by atoms with E-state index in [0.29, 0.717) is 17.4 Å². The van der Waals surface area contributed by atoms with Gasteiger partial charge in [-0.1, -0.05) is 59.8 Å². The Morgan fingerprint density at radius 3 is 2.35 bits per heavy atom. The molecule has 2 aromatic carbocycles. The Morgan fingerprint density at radius 2 is 1.54 bits per heavy atom. The quantitative estimate of drug-likeness (QED) is 0.561. The van der Waals surface area contributed by atoms with Crippen molar-refractivity contribution in [2.45, 2.75) is 12.8 Å². The highest BCUT2D eigenvalue weighted by atomic mass is 16.5. The molecule has 5 rings (SSSR count). The van der Waals surface area contributed by atoms with Crippen molar-refractivity contribution >= 4 is 16.6 Å². The van der Waals surface area contributed by atoms with Crippen LogP contribution in [0, 0.1) is 0 Å². The first-order valence-corrected chi connectivity index (χ1v) is 8.80. The van der Waals surface area contributed by atoms with Crippen LogP contribution >= 0.6 is 0 Å². The Kier molecular flexibility index (Phi) is 3.59. The Morgan fingerprint density at radius 1 is 0.808 bits per heavy atom. The number of hydrogen-bond acceptors (Lipinski definition) is 6. The topological polar surface area (TPSA) is 67.9 Å².